The number of amides is 2. The van der Waals surface area contributed by atoms with E-state index in [1.807, 2.05) is 34.1 Å². The molecule has 2 aromatic rings. The Morgan fingerprint density at radius 3 is 2.57 bits per heavy atom. The Labute approximate surface area is 167 Å². The van der Waals surface area contributed by atoms with Gasteiger partial charge in [-0.1, -0.05) is 56.3 Å². The Morgan fingerprint density at radius 1 is 1.04 bits per heavy atom. The number of hydrogen-bond donors (Lipinski definition) is 0. The van der Waals surface area contributed by atoms with Crippen LogP contribution in [0.2, 0.25) is 0 Å². The van der Waals surface area contributed by atoms with Gasteiger partial charge in [0.15, 0.2) is 0 Å². The van der Waals surface area contributed by atoms with E-state index in [1.54, 1.807) is 0 Å². The van der Waals surface area contributed by atoms with Crippen molar-refractivity contribution in [3.05, 3.63) is 65.2 Å². The van der Waals surface area contributed by atoms with E-state index < -0.39 is 0 Å². The fourth-order valence-electron chi connectivity index (χ4n) is 4.48. The third kappa shape index (κ3) is 3.56. The van der Waals surface area contributed by atoms with Crippen LogP contribution in [0, 0.1) is 0 Å². The molecule has 0 fully saturated rings. The molecule has 28 heavy (non-hydrogen) atoms. The Kier molecular flexibility index (Phi) is 4.96. The van der Waals surface area contributed by atoms with E-state index in [0.29, 0.717) is 32.4 Å². The highest BCUT2D eigenvalue weighted by atomic mass is 16.2. The second-order valence-electron chi connectivity index (χ2n) is 8.56. The van der Waals surface area contributed by atoms with Crippen molar-refractivity contribution >= 4 is 17.5 Å². The lowest BCUT2D eigenvalue weighted by Gasteiger charge is -2.38. The monoisotopic (exact) mass is 376 g/mol. The van der Waals surface area contributed by atoms with Gasteiger partial charge in [0.2, 0.25) is 11.8 Å². The zero-order valence-electron chi connectivity index (χ0n) is 16.8. The van der Waals surface area contributed by atoms with Crippen LogP contribution in [0.4, 0.5) is 5.69 Å². The quantitative estimate of drug-likeness (QED) is 0.807. The van der Waals surface area contributed by atoms with Crippen LogP contribution in [-0.4, -0.2) is 29.8 Å². The smallest absolute Gasteiger partial charge is 0.227 e. The van der Waals surface area contributed by atoms with E-state index in [9.17, 15) is 9.59 Å². The van der Waals surface area contributed by atoms with Gasteiger partial charge in [-0.25, -0.2) is 0 Å². The molecule has 0 N–H and O–H groups in total. The number of fused-ring (bicyclic) bond motifs is 2. The van der Waals surface area contributed by atoms with E-state index in [4.69, 9.17) is 0 Å². The molecular weight excluding hydrogens is 348 g/mol. The Balaban J connectivity index is 1.38. The van der Waals surface area contributed by atoms with Crippen molar-refractivity contribution in [1.82, 2.24) is 4.90 Å². The molecule has 0 spiro atoms. The number of hydrogen-bond acceptors (Lipinski definition) is 2. The van der Waals surface area contributed by atoms with Gasteiger partial charge in [0, 0.05) is 43.6 Å². The predicted octanol–water partition coefficient (Wildman–Crippen LogP) is 4.07. The summed E-state index contributed by atoms with van der Waals surface area (Å²) in [5, 5.41) is 0. The fraction of sp³-hybridized carbons (Fsp3) is 0.417. The lowest BCUT2D eigenvalue weighted by Crippen LogP contribution is -2.42. The number of benzene rings is 2. The summed E-state index contributed by atoms with van der Waals surface area (Å²) in [6.45, 7) is 6.34. The SMILES string of the molecule is CC1(C)CC(=O)N(CCCC(=O)N2CCc3ccccc3C2)c2ccccc21. The van der Waals surface area contributed by atoms with Crippen molar-refractivity contribution < 1.29 is 9.59 Å². The molecule has 4 heteroatoms. The molecule has 0 aliphatic carbocycles. The maximum Gasteiger partial charge on any atom is 0.227 e. The number of anilines is 1. The second kappa shape index (κ2) is 7.42. The molecule has 2 heterocycles. The lowest BCUT2D eigenvalue weighted by molar-refractivity contribution is -0.132. The molecule has 0 aromatic heterocycles. The fourth-order valence-corrected chi connectivity index (χ4v) is 4.48. The summed E-state index contributed by atoms with van der Waals surface area (Å²) in [5.74, 6) is 0.343. The van der Waals surface area contributed by atoms with E-state index in [-0.39, 0.29) is 17.2 Å². The van der Waals surface area contributed by atoms with Crippen LogP contribution in [0.3, 0.4) is 0 Å². The molecule has 0 bridgehead atoms. The molecule has 4 rings (SSSR count). The van der Waals surface area contributed by atoms with E-state index in [1.165, 1.54) is 16.7 Å². The second-order valence-corrected chi connectivity index (χ2v) is 8.56. The molecule has 0 atom stereocenters. The minimum atomic E-state index is -0.138. The van der Waals surface area contributed by atoms with Crippen LogP contribution in [-0.2, 0) is 28.0 Å². The Bertz CT molecular complexity index is 903. The minimum Gasteiger partial charge on any atom is -0.338 e. The molecular formula is C24H28N2O2. The zero-order chi connectivity index (χ0) is 19.7. The maximum atomic E-state index is 12.7. The van der Waals surface area contributed by atoms with E-state index in [0.717, 1.165) is 18.7 Å². The predicted molar refractivity (Wildman–Crippen MR) is 111 cm³/mol. The van der Waals surface area contributed by atoms with Crippen molar-refractivity contribution in [3.63, 3.8) is 0 Å². The molecule has 2 aliphatic heterocycles. The number of rotatable bonds is 4. The van der Waals surface area contributed by atoms with Gasteiger partial charge in [0.05, 0.1) is 0 Å². The molecule has 4 nitrogen and oxygen atoms in total. The number of carbonyl (C=O) groups is 2. The van der Waals surface area contributed by atoms with Crippen LogP contribution < -0.4 is 4.90 Å². The first-order chi connectivity index (χ1) is 13.5. The summed E-state index contributed by atoms with van der Waals surface area (Å²) in [6, 6.07) is 16.5. The highest BCUT2D eigenvalue weighted by Crippen LogP contribution is 2.40. The van der Waals surface area contributed by atoms with Crippen LogP contribution in [0.5, 0.6) is 0 Å². The van der Waals surface area contributed by atoms with Crippen LogP contribution in [0.1, 0.15) is 49.8 Å². The zero-order valence-corrected chi connectivity index (χ0v) is 16.8. The average molecular weight is 377 g/mol. The molecule has 2 aromatic carbocycles. The number of nitrogens with zero attached hydrogens (tertiary/aromatic N) is 2. The molecule has 2 aliphatic rings. The highest BCUT2D eigenvalue weighted by molar-refractivity contribution is 5.97. The molecule has 146 valence electrons. The van der Waals surface area contributed by atoms with Gasteiger partial charge >= 0.3 is 0 Å². The third-order valence-electron chi connectivity index (χ3n) is 6.07. The maximum absolute atomic E-state index is 12.7. The van der Waals surface area contributed by atoms with Crippen LogP contribution in [0.25, 0.3) is 0 Å². The number of para-hydroxylation sites is 1. The lowest BCUT2D eigenvalue weighted by atomic mass is 9.77. The number of carbonyl (C=O) groups excluding carboxylic acids is 2. The van der Waals surface area contributed by atoms with Crippen LogP contribution >= 0.6 is 0 Å². The van der Waals surface area contributed by atoms with Gasteiger partial charge in [-0.3, -0.25) is 9.59 Å². The summed E-state index contributed by atoms with van der Waals surface area (Å²) < 4.78 is 0. The van der Waals surface area contributed by atoms with Crippen molar-refractivity contribution in [2.24, 2.45) is 0 Å². The minimum absolute atomic E-state index is 0.138. The molecule has 0 unspecified atom stereocenters. The summed E-state index contributed by atoms with van der Waals surface area (Å²) in [4.78, 5) is 29.3. The van der Waals surface area contributed by atoms with E-state index >= 15 is 0 Å². The molecule has 0 saturated carbocycles. The van der Waals surface area contributed by atoms with Gasteiger partial charge in [0.1, 0.15) is 0 Å². The van der Waals surface area contributed by atoms with Crippen molar-refractivity contribution in [2.45, 2.75) is 51.5 Å². The first-order valence-corrected chi connectivity index (χ1v) is 10.2. The van der Waals surface area contributed by atoms with Gasteiger partial charge in [0.25, 0.3) is 0 Å². The van der Waals surface area contributed by atoms with Gasteiger partial charge in [-0.2, -0.15) is 0 Å². The standard InChI is InChI=1S/C24H28N2O2/c1-24(2)16-23(28)26(21-11-6-5-10-20(21)24)14-7-12-22(27)25-15-13-18-8-3-4-9-19(18)17-25/h3-6,8-11H,7,12-17H2,1-2H3. The average Bonchev–Trinajstić information content (AvgIpc) is 2.69. The van der Waals surface area contributed by atoms with E-state index in [2.05, 4.69) is 38.1 Å². The van der Waals surface area contributed by atoms with Crippen molar-refractivity contribution in [2.75, 3.05) is 18.0 Å². The van der Waals surface area contributed by atoms with Crippen molar-refractivity contribution in [3.8, 4) is 0 Å². The third-order valence-corrected chi connectivity index (χ3v) is 6.07. The summed E-state index contributed by atoms with van der Waals surface area (Å²) >= 11 is 0. The molecule has 2 amide bonds. The van der Waals surface area contributed by atoms with Gasteiger partial charge in [-0.15, -0.1) is 0 Å². The molecule has 0 radical (unpaired) electrons. The topological polar surface area (TPSA) is 40.6 Å². The molecule has 0 saturated heterocycles. The summed E-state index contributed by atoms with van der Waals surface area (Å²) in [7, 11) is 0. The summed E-state index contributed by atoms with van der Waals surface area (Å²) in [6.07, 6.45) is 2.62. The van der Waals surface area contributed by atoms with Crippen LogP contribution in [0.15, 0.2) is 48.5 Å². The largest absolute Gasteiger partial charge is 0.338 e. The van der Waals surface area contributed by atoms with Crippen molar-refractivity contribution in [1.29, 1.82) is 0 Å². The van der Waals surface area contributed by atoms with Gasteiger partial charge in [-0.05, 0) is 35.6 Å². The Hall–Kier alpha value is -2.62. The first-order valence-electron chi connectivity index (χ1n) is 10.2. The normalized spacial score (nSPS) is 17.9. The highest BCUT2D eigenvalue weighted by Gasteiger charge is 2.36. The van der Waals surface area contributed by atoms with Gasteiger partial charge < -0.3 is 9.80 Å². The first kappa shape index (κ1) is 18.7. The Morgan fingerprint density at radius 2 is 1.75 bits per heavy atom. The summed E-state index contributed by atoms with van der Waals surface area (Å²) in [5.41, 5.74) is 4.69.